The number of nitrogens with zero attached hydrogens (tertiary/aromatic N) is 9. The number of rotatable bonds is 18. The molecule has 18 nitrogen and oxygen atoms in total. The second-order valence-electron chi connectivity index (χ2n) is 16.5. The van der Waals surface area contributed by atoms with Gasteiger partial charge in [0.1, 0.15) is 58.8 Å². The van der Waals surface area contributed by atoms with Crippen LogP contribution in [0.2, 0.25) is 0 Å². The van der Waals surface area contributed by atoms with Crippen LogP contribution in [0.4, 0.5) is 5.13 Å². The van der Waals surface area contributed by atoms with Crippen molar-refractivity contribution in [1.82, 2.24) is 39.2 Å². The average Bonchev–Trinajstić information content (AvgIpc) is 4.18. The van der Waals surface area contributed by atoms with E-state index < -0.39 is 0 Å². The molecule has 0 spiro atoms. The molecule has 0 N–H and O–H groups in total. The number of fused-ring (bicyclic) bond motifs is 4. The molecular formula is C46H45N9O9S4. The largest absolute Gasteiger partial charge is 0.496 e. The van der Waals surface area contributed by atoms with Gasteiger partial charge >= 0.3 is 0 Å². The fraction of sp³-hybridized carbons (Fsp3) is 0.348. The van der Waals surface area contributed by atoms with Crippen molar-refractivity contribution in [1.29, 1.82) is 0 Å². The Morgan fingerprint density at radius 1 is 0.676 bits per heavy atom. The molecule has 352 valence electrons. The number of furan rings is 2. The Bertz CT molecular complexity index is 3310. The summed E-state index contributed by atoms with van der Waals surface area (Å²) >= 11 is 5.98. The summed E-state index contributed by atoms with van der Waals surface area (Å²) in [6, 6.07) is 11.3. The lowest BCUT2D eigenvalue weighted by Gasteiger charge is -2.35. The summed E-state index contributed by atoms with van der Waals surface area (Å²) in [6.07, 6.45) is 5.59. The molecule has 1 fully saturated rings. The molecular weight excluding hydrogens is 951 g/mol. The highest BCUT2D eigenvalue weighted by molar-refractivity contribution is 7.18. The van der Waals surface area contributed by atoms with Gasteiger partial charge in [-0.1, -0.05) is 6.92 Å². The van der Waals surface area contributed by atoms with Crippen molar-refractivity contribution >= 4 is 82.3 Å². The van der Waals surface area contributed by atoms with Crippen molar-refractivity contribution in [2.75, 3.05) is 45.9 Å². The fourth-order valence-corrected chi connectivity index (χ4v) is 11.3. The average molecular weight is 996 g/mol. The Balaban J connectivity index is 0.682. The number of morpholine rings is 1. The third kappa shape index (κ3) is 9.12. The first-order valence-electron chi connectivity index (χ1n) is 21.8. The van der Waals surface area contributed by atoms with Crippen LogP contribution in [0.1, 0.15) is 43.6 Å². The van der Waals surface area contributed by atoms with Crippen LogP contribution in [0.15, 0.2) is 68.4 Å². The summed E-state index contributed by atoms with van der Waals surface area (Å²) in [7, 11) is 4.82. The molecule has 0 bridgehead atoms. The van der Waals surface area contributed by atoms with Crippen molar-refractivity contribution in [3.8, 4) is 56.3 Å². The number of hydrogen-bond donors (Lipinski definition) is 0. The van der Waals surface area contributed by atoms with Gasteiger partial charge in [0, 0.05) is 54.5 Å². The fourth-order valence-electron chi connectivity index (χ4n) is 8.04. The Labute approximate surface area is 404 Å². The van der Waals surface area contributed by atoms with Crippen LogP contribution < -0.4 is 33.3 Å². The normalized spacial score (nSPS) is 15.8. The number of anilines is 1. The van der Waals surface area contributed by atoms with E-state index in [0.29, 0.717) is 103 Å². The smallest absolute Gasteiger partial charge is 0.294 e. The van der Waals surface area contributed by atoms with Gasteiger partial charge in [0.2, 0.25) is 9.92 Å². The molecule has 0 aliphatic carbocycles. The molecule has 9 heterocycles. The number of aromatic nitrogens is 8. The Morgan fingerprint density at radius 3 is 1.84 bits per heavy atom. The van der Waals surface area contributed by atoms with Gasteiger partial charge in [-0.15, -0.1) is 32.9 Å². The van der Waals surface area contributed by atoms with Crippen molar-refractivity contribution in [3.63, 3.8) is 0 Å². The van der Waals surface area contributed by atoms with Gasteiger partial charge < -0.3 is 46.9 Å². The predicted molar refractivity (Wildman–Crippen MR) is 260 cm³/mol. The second-order valence-corrected chi connectivity index (χ2v) is 20.1. The molecule has 22 heteroatoms. The van der Waals surface area contributed by atoms with E-state index in [-0.39, 0.29) is 12.2 Å². The summed E-state index contributed by atoms with van der Waals surface area (Å²) in [5.41, 5.74) is 4.25. The highest BCUT2D eigenvalue weighted by atomic mass is 32.1. The SMILES string of the molecule is COc1cc(OCc2csc(CC(C)CCOc3nn4cc(-c5cc6c(OCc7csc(N8C[C@@H](C)O[C@@H](C)C8)n7)cc(OC)cc6o5)nc4s3)n2)c2cc(-c3cn4nc(OC)sc4n3)oc2c1. The summed E-state index contributed by atoms with van der Waals surface area (Å²) in [4.78, 5) is 22.9. The van der Waals surface area contributed by atoms with Gasteiger partial charge in [0.05, 0.1) is 79.7 Å². The van der Waals surface area contributed by atoms with E-state index in [1.165, 1.54) is 22.7 Å². The minimum Gasteiger partial charge on any atom is -0.496 e. The third-order valence-electron chi connectivity index (χ3n) is 11.3. The lowest BCUT2D eigenvalue weighted by atomic mass is 10.1. The Morgan fingerprint density at radius 2 is 1.25 bits per heavy atom. The second kappa shape index (κ2) is 18.6. The molecule has 1 aliphatic rings. The topological polar surface area (TPSA) is 180 Å². The molecule has 1 saturated heterocycles. The summed E-state index contributed by atoms with van der Waals surface area (Å²) < 4.78 is 56.9. The predicted octanol–water partition coefficient (Wildman–Crippen LogP) is 10.1. The quantitative estimate of drug-likeness (QED) is 0.0791. The zero-order valence-corrected chi connectivity index (χ0v) is 41.1. The van der Waals surface area contributed by atoms with Crippen molar-refractivity contribution in [2.45, 2.75) is 59.0 Å². The summed E-state index contributed by atoms with van der Waals surface area (Å²) in [6.45, 7) is 9.11. The maximum Gasteiger partial charge on any atom is 0.294 e. The van der Waals surface area contributed by atoms with Crippen molar-refractivity contribution < 1.29 is 42.0 Å². The van der Waals surface area contributed by atoms with E-state index in [4.69, 9.17) is 56.9 Å². The number of benzene rings is 2. The highest BCUT2D eigenvalue weighted by Gasteiger charge is 2.25. The van der Waals surface area contributed by atoms with Crippen LogP contribution in [-0.4, -0.2) is 92.4 Å². The Kier molecular flexibility index (Phi) is 12.0. The molecule has 11 rings (SSSR count). The first-order chi connectivity index (χ1) is 33.1. The zero-order valence-electron chi connectivity index (χ0n) is 37.8. The van der Waals surface area contributed by atoms with E-state index >= 15 is 0 Å². The van der Waals surface area contributed by atoms with Gasteiger partial charge in [0.15, 0.2) is 16.7 Å². The van der Waals surface area contributed by atoms with Crippen LogP contribution in [0.25, 0.3) is 54.8 Å². The number of hydrogen-bond acceptors (Lipinski definition) is 20. The number of imidazole rings is 2. The molecule has 1 unspecified atom stereocenters. The first kappa shape index (κ1) is 44.1. The number of methoxy groups -OCH3 is 3. The van der Waals surface area contributed by atoms with E-state index in [1.54, 1.807) is 53.0 Å². The molecule has 8 aromatic heterocycles. The maximum absolute atomic E-state index is 6.34. The van der Waals surface area contributed by atoms with Crippen molar-refractivity contribution in [3.05, 3.63) is 75.9 Å². The van der Waals surface area contributed by atoms with Gasteiger partial charge in [-0.25, -0.2) is 29.0 Å². The van der Waals surface area contributed by atoms with Gasteiger partial charge in [-0.3, -0.25) is 0 Å². The molecule has 1 aliphatic heterocycles. The van der Waals surface area contributed by atoms with E-state index in [1.807, 2.05) is 59.6 Å². The van der Waals surface area contributed by atoms with E-state index in [9.17, 15) is 0 Å². The van der Waals surface area contributed by atoms with E-state index in [0.717, 1.165) is 58.2 Å². The number of thiazole rings is 2. The highest BCUT2D eigenvalue weighted by Crippen LogP contribution is 2.40. The van der Waals surface area contributed by atoms with Crippen LogP contribution in [0, 0.1) is 5.92 Å². The lowest BCUT2D eigenvalue weighted by molar-refractivity contribution is -0.00524. The van der Waals surface area contributed by atoms with Crippen LogP contribution in [0.5, 0.6) is 33.4 Å². The number of ether oxygens (including phenoxy) is 7. The molecule has 2 aromatic carbocycles. The van der Waals surface area contributed by atoms with Gasteiger partial charge in [-0.05, 0) is 61.0 Å². The van der Waals surface area contributed by atoms with Gasteiger partial charge in [0.25, 0.3) is 10.4 Å². The maximum atomic E-state index is 6.34. The van der Waals surface area contributed by atoms with Gasteiger partial charge in [-0.2, -0.15) is 0 Å². The molecule has 10 aromatic rings. The molecule has 68 heavy (non-hydrogen) atoms. The van der Waals surface area contributed by atoms with Crippen LogP contribution in [-0.2, 0) is 24.4 Å². The minimum atomic E-state index is 0.155. The molecule has 3 atom stereocenters. The summed E-state index contributed by atoms with van der Waals surface area (Å²) in [5, 5.41) is 17.8. The van der Waals surface area contributed by atoms with Crippen LogP contribution >= 0.6 is 45.3 Å². The molecule has 0 amide bonds. The minimum absolute atomic E-state index is 0.155. The third-order valence-corrected chi connectivity index (χ3v) is 14.9. The van der Waals surface area contributed by atoms with E-state index in [2.05, 4.69) is 40.9 Å². The van der Waals surface area contributed by atoms with Crippen molar-refractivity contribution in [2.24, 2.45) is 5.92 Å². The zero-order chi connectivity index (χ0) is 46.5. The van der Waals surface area contributed by atoms with Crippen LogP contribution in [0.3, 0.4) is 0 Å². The molecule has 0 radical (unpaired) electrons. The first-order valence-corrected chi connectivity index (χ1v) is 25.2. The monoisotopic (exact) mass is 995 g/mol. The summed E-state index contributed by atoms with van der Waals surface area (Å²) in [5.74, 6) is 4.01. The lowest BCUT2D eigenvalue weighted by Crippen LogP contribution is -2.45. The standard InChI is InChI=1S/C46H45N9O9S4/c1-24(9-41-47-27(22-65-41)20-60-35-10-29(56-4)12-37-31(35)14-39(63-37)33-18-54-43(49-33)67-45(51-54)58-6)7-8-59-46-52-55-19-34(50-44(55)68-46)40-15-32-36(11-30(57-5)13-38(32)64-40)61-21-28-23-66-42(48-28)53-16-25(2)62-26(3)17-53/h10-15,18-19,22-26H,7-9,16-17,20-21H2,1-6H3/t24?,25-,26+. The molecule has 0 saturated carbocycles. The Hall–Kier alpha value is -6.46.